The van der Waals surface area contributed by atoms with E-state index < -0.39 is 5.41 Å². The zero-order chi connectivity index (χ0) is 21.8. The van der Waals surface area contributed by atoms with Crippen molar-refractivity contribution in [1.82, 2.24) is 0 Å². The first-order chi connectivity index (χ1) is 15.0. The predicted molar refractivity (Wildman–Crippen MR) is 121 cm³/mol. The van der Waals surface area contributed by atoms with Crippen LogP contribution in [0, 0.1) is 5.82 Å². The minimum Gasteiger partial charge on any atom is -0.490 e. The summed E-state index contributed by atoms with van der Waals surface area (Å²) in [6, 6.07) is 18.0. The maximum Gasteiger partial charge on any atom is 0.235 e. The summed E-state index contributed by atoms with van der Waals surface area (Å²) in [6.07, 6.45) is 2.12. The molecule has 5 heteroatoms. The molecule has 1 aliphatic rings. The molecular weight excluding hydrogens is 393 g/mol. The Labute approximate surface area is 182 Å². The fourth-order valence-electron chi connectivity index (χ4n) is 4.16. The molecule has 1 aliphatic heterocycles. The third kappa shape index (κ3) is 4.28. The van der Waals surface area contributed by atoms with Crippen LogP contribution < -0.4 is 10.1 Å². The largest absolute Gasteiger partial charge is 0.490 e. The number of rotatable bonds is 6. The number of carbonyl (C=O) groups is 1. The monoisotopic (exact) mass is 421 g/mol. The van der Waals surface area contributed by atoms with Crippen LogP contribution in [0.1, 0.15) is 38.7 Å². The first kappa shape index (κ1) is 21.3. The lowest BCUT2D eigenvalue weighted by Crippen LogP contribution is -2.44. The van der Waals surface area contributed by atoms with Gasteiger partial charge in [-0.2, -0.15) is 0 Å². The summed E-state index contributed by atoms with van der Waals surface area (Å²) >= 11 is 0. The van der Waals surface area contributed by atoms with E-state index in [1.165, 1.54) is 12.1 Å². The molecule has 1 saturated heterocycles. The van der Waals surface area contributed by atoms with Gasteiger partial charge in [0.05, 0.1) is 11.5 Å². The predicted octanol–water partition coefficient (Wildman–Crippen LogP) is 5.84. The average molecular weight is 422 g/mol. The molecule has 1 fully saturated rings. The molecule has 1 amide bonds. The number of benzene rings is 3. The van der Waals surface area contributed by atoms with Crippen molar-refractivity contribution >= 4 is 22.4 Å². The summed E-state index contributed by atoms with van der Waals surface area (Å²) in [4.78, 5) is 13.6. The highest BCUT2D eigenvalue weighted by molar-refractivity contribution is 6.07. The third-order valence-corrected chi connectivity index (χ3v) is 6.21. The summed E-state index contributed by atoms with van der Waals surface area (Å²) in [5.41, 5.74) is 0.805. The Balaban J connectivity index is 1.69. The molecule has 4 nitrogen and oxygen atoms in total. The van der Waals surface area contributed by atoms with Gasteiger partial charge in [-0.3, -0.25) is 4.79 Å². The topological polar surface area (TPSA) is 47.6 Å². The molecule has 0 saturated carbocycles. The fraction of sp³-hybridized carbons (Fsp3) is 0.346. The zero-order valence-electron chi connectivity index (χ0n) is 18.0. The Hall–Kier alpha value is -2.92. The number of anilines is 1. The SMILES string of the molecule is CC[C@@H](C)Oc1ccc(NC(=O)C2(c3ccc(F)cc3)CCOCC2)c2ccccc12. The van der Waals surface area contributed by atoms with Gasteiger partial charge >= 0.3 is 0 Å². The Morgan fingerprint density at radius 1 is 1.06 bits per heavy atom. The Morgan fingerprint density at radius 2 is 1.74 bits per heavy atom. The number of amides is 1. The van der Waals surface area contributed by atoms with Gasteiger partial charge in [0, 0.05) is 29.7 Å². The molecule has 31 heavy (non-hydrogen) atoms. The first-order valence-electron chi connectivity index (χ1n) is 10.9. The van der Waals surface area contributed by atoms with Crippen LogP contribution in [0.25, 0.3) is 10.8 Å². The van der Waals surface area contributed by atoms with Gasteiger partial charge in [0.2, 0.25) is 5.91 Å². The van der Waals surface area contributed by atoms with Crippen LogP contribution in [0.2, 0.25) is 0 Å². The molecule has 3 aromatic rings. The van der Waals surface area contributed by atoms with Crippen molar-refractivity contribution in [1.29, 1.82) is 0 Å². The van der Waals surface area contributed by atoms with Crippen molar-refractivity contribution in [3.63, 3.8) is 0 Å². The second-order valence-electron chi connectivity index (χ2n) is 8.15. The maximum absolute atomic E-state index is 13.6. The van der Waals surface area contributed by atoms with Crippen LogP contribution in [-0.2, 0) is 14.9 Å². The van der Waals surface area contributed by atoms with Crippen LogP contribution in [0.4, 0.5) is 10.1 Å². The lowest BCUT2D eigenvalue weighted by molar-refractivity contribution is -0.125. The van der Waals surface area contributed by atoms with Crippen LogP contribution in [0.3, 0.4) is 0 Å². The van der Waals surface area contributed by atoms with Crippen LogP contribution in [-0.4, -0.2) is 25.2 Å². The molecule has 0 bridgehead atoms. The molecule has 1 atom stereocenters. The van der Waals surface area contributed by atoms with Crippen LogP contribution >= 0.6 is 0 Å². The molecule has 4 rings (SSSR count). The first-order valence-corrected chi connectivity index (χ1v) is 10.9. The minimum atomic E-state index is -0.751. The number of fused-ring (bicyclic) bond motifs is 1. The number of hydrogen-bond acceptors (Lipinski definition) is 3. The van der Waals surface area contributed by atoms with Crippen molar-refractivity contribution in [3.05, 3.63) is 72.0 Å². The van der Waals surface area contributed by atoms with Crippen LogP contribution in [0.5, 0.6) is 5.75 Å². The highest BCUT2D eigenvalue weighted by Crippen LogP contribution is 2.38. The fourth-order valence-corrected chi connectivity index (χ4v) is 4.16. The van der Waals surface area contributed by atoms with E-state index in [0.29, 0.717) is 26.1 Å². The van der Waals surface area contributed by atoms with Gasteiger partial charge < -0.3 is 14.8 Å². The lowest BCUT2D eigenvalue weighted by Gasteiger charge is -2.36. The Morgan fingerprint density at radius 3 is 2.42 bits per heavy atom. The second kappa shape index (κ2) is 9.06. The smallest absolute Gasteiger partial charge is 0.235 e. The third-order valence-electron chi connectivity index (χ3n) is 6.21. The number of halogens is 1. The van der Waals surface area contributed by atoms with Crippen molar-refractivity contribution < 1.29 is 18.7 Å². The summed E-state index contributed by atoms with van der Waals surface area (Å²) < 4.78 is 25.1. The molecule has 0 radical (unpaired) electrons. The van der Waals surface area contributed by atoms with Gasteiger partial charge in [-0.15, -0.1) is 0 Å². The quantitative estimate of drug-likeness (QED) is 0.544. The zero-order valence-corrected chi connectivity index (χ0v) is 18.0. The van der Waals surface area contributed by atoms with E-state index in [-0.39, 0.29) is 17.8 Å². The second-order valence-corrected chi connectivity index (χ2v) is 8.15. The van der Waals surface area contributed by atoms with E-state index in [1.807, 2.05) is 43.3 Å². The normalized spacial score (nSPS) is 16.6. The van der Waals surface area contributed by atoms with Crippen molar-refractivity contribution in [2.45, 2.75) is 44.6 Å². The van der Waals surface area contributed by atoms with E-state index in [0.717, 1.165) is 34.2 Å². The Kier molecular flexibility index (Phi) is 6.23. The lowest BCUT2D eigenvalue weighted by atomic mass is 9.73. The van der Waals surface area contributed by atoms with Crippen molar-refractivity contribution in [2.24, 2.45) is 0 Å². The van der Waals surface area contributed by atoms with E-state index in [9.17, 15) is 9.18 Å². The standard InChI is InChI=1S/C26H28FNO3/c1-3-18(2)31-24-13-12-23(21-6-4-5-7-22(21)24)28-25(29)26(14-16-30-17-15-26)19-8-10-20(27)11-9-19/h4-13,18H,3,14-17H2,1-2H3,(H,28,29)/t18-/m1/s1. The molecule has 0 aliphatic carbocycles. The van der Waals surface area contributed by atoms with Gasteiger partial charge in [-0.1, -0.05) is 43.3 Å². The molecule has 0 unspecified atom stereocenters. The molecule has 1 heterocycles. The van der Waals surface area contributed by atoms with E-state index in [2.05, 4.69) is 12.2 Å². The van der Waals surface area contributed by atoms with Crippen LogP contribution in [0.15, 0.2) is 60.7 Å². The molecule has 1 N–H and O–H groups in total. The summed E-state index contributed by atoms with van der Waals surface area (Å²) in [7, 11) is 0. The van der Waals surface area contributed by atoms with E-state index >= 15 is 0 Å². The van der Waals surface area contributed by atoms with Crippen molar-refractivity contribution in [3.8, 4) is 5.75 Å². The number of ether oxygens (including phenoxy) is 2. The summed E-state index contributed by atoms with van der Waals surface area (Å²) in [5.74, 6) is 0.402. The Bertz CT molecular complexity index is 1060. The number of nitrogens with one attached hydrogen (secondary N) is 1. The molecule has 0 aromatic heterocycles. The van der Waals surface area contributed by atoms with E-state index in [4.69, 9.17) is 9.47 Å². The highest BCUT2D eigenvalue weighted by Gasteiger charge is 2.42. The highest BCUT2D eigenvalue weighted by atomic mass is 19.1. The molecule has 3 aromatic carbocycles. The molecule has 162 valence electrons. The van der Waals surface area contributed by atoms with Gasteiger partial charge in [-0.25, -0.2) is 4.39 Å². The van der Waals surface area contributed by atoms with Crippen molar-refractivity contribution in [2.75, 3.05) is 18.5 Å². The summed E-state index contributed by atoms with van der Waals surface area (Å²) in [6.45, 7) is 5.12. The molecular formula is C26H28FNO3. The van der Waals surface area contributed by atoms with Gasteiger partial charge in [0.15, 0.2) is 0 Å². The maximum atomic E-state index is 13.6. The van der Waals surface area contributed by atoms with Gasteiger partial charge in [0.25, 0.3) is 0 Å². The number of hydrogen-bond donors (Lipinski definition) is 1. The average Bonchev–Trinajstić information content (AvgIpc) is 2.81. The van der Waals surface area contributed by atoms with E-state index in [1.54, 1.807) is 12.1 Å². The minimum absolute atomic E-state index is 0.0943. The van der Waals surface area contributed by atoms with Gasteiger partial charge in [0.1, 0.15) is 11.6 Å². The number of carbonyl (C=O) groups excluding carboxylic acids is 1. The molecule has 0 spiro atoms. The van der Waals surface area contributed by atoms with Gasteiger partial charge in [-0.05, 0) is 56.0 Å². The summed E-state index contributed by atoms with van der Waals surface area (Å²) in [5, 5.41) is 5.05.